The van der Waals surface area contributed by atoms with Crippen molar-refractivity contribution in [2.75, 3.05) is 32.9 Å². The molecule has 18 heavy (non-hydrogen) atoms. The minimum Gasteiger partial charge on any atom is -0.493 e. The average molecular weight is 249 g/mol. The van der Waals surface area contributed by atoms with E-state index in [2.05, 4.69) is 23.5 Å². The zero-order valence-electron chi connectivity index (χ0n) is 11.2. The van der Waals surface area contributed by atoms with E-state index in [1.807, 2.05) is 6.92 Å². The van der Waals surface area contributed by atoms with Gasteiger partial charge in [-0.2, -0.15) is 0 Å². The molecular weight excluding hydrogens is 226 g/mol. The van der Waals surface area contributed by atoms with Gasteiger partial charge in [0.1, 0.15) is 5.75 Å². The van der Waals surface area contributed by atoms with Crippen LogP contribution in [0.1, 0.15) is 24.5 Å². The fourth-order valence-corrected chi connectivity index (χ4v) is 2.20. The number of nitrogens with one attached hydrogen (secondary N) is 1. The van der Waals surface area contributed by atoms with Gasteiger partial charge in [-0.15, -0.1) is 0 Å². The number of ether oxygens (including phenoxy) is 2. The maximum absolute atomic E-state index is 5.50. The van der Waals surface area contributed by atoms with Crippen LogP contribution in [0.5, 0.6) is 5.75 Å². The summed E-state index contributed by atoms with van der Waals surface area (Å²) in [6.45, 7) is 6.62. The Morgan fingerprint density at radius 3 is 3.17 bits per heavy atom. The summed E-state index contributed by atoms with van der Waals surface area (Å²) in [6, 6.07) is 6.56. The van der Waals surface area contributed by atoms with E-state index >= 15 is 0 Å². The minimum atomic E-state index is 0.817. The first-order chi connectivity index (χ1) is 8.90. The fraction of sp³-hybridized carbons (Fsp3) is 0.600. The van der Waals surface area contributed by atoms with Gasteiger partial charge in [-0.25, -0.2) is 0 Å². The van der Waals surface area contributed by atoms with Crippen LogP contribution in [0.2, 0.25) is 0 Å². The van der Waals surface area contributed by atoms with Crippen molar-refractivity contribution in [2.24, 2.45) is 0 Å². The highest BCUT2D eigenvalue weighted by molar-refractivity contribution is 5.39. The summed E-state index contributed by atoms with van der Waals surface area (Å²) in [7, 11) is 0. The van der Waals surface area contributed by atoms with Crippen molar-refractivity contribution in [2.45, 2.75) is 26.2 Å². The van der Waals surface area contributed by atoms with Gasteiger partial charge in [0.15, 0.2) is 0 Å². The molecule has 0 unspecified atom stereocenters. The van der Waals surface area contributed by atoms with Gasteiger partial charge in [0, 0.05) is 19.6 Å². The molecule has 0 saturated heterocycles. The lowest BCUT2D eigenvalue weighted by molar-refractivity contribution is 0.145. The van der Waals surface area contributed by atoms with Crippen LogP contribution >= 0.6 is 0 Å². The fourth-order valence-electron chi connectivity index (χ4n) is 2.20. The van der Waals surface area contributed by atoms with E-state index in [1.54, 1.807) is 0 Å². The Hall–Kier alpha value is -1.06. The molecule has 1 aromatic carbocycles. The van der Waals surface area contributed by atoms with Gasteiger partial charge >= 0.3 is 0 Å². The molecule has 0 radical (unpaired) electrons. The lowest BCUT2D eigenvalue weighted by Crippen LogP contribution is -2.19. The topological polar surface area (TPSA) is 30.5 Å². The quantitative estimate of drug-likeness (QED) is 0.716. The van der Waals surface area contributed by atoms with Gasteiger partial charge in [-0.1, -0.05) is 12.1 Å². The molecule has 1 heterocycles. The first-order valence-corrected chi connectivity index (χ1v) is 6.93. The summed E-state index contributed by atoms with van der Waals surface area (Å²) in [5.74, 6) is 1.07. The van der Waals surface area contributed by atoms with Crippen LogP contribution in [0.25, 0.3) is 0 Å². The molecule has 1 aliphatic heterocycles. The smallest absolute Gasteiger partial charge is 0.122 e. The second kappa shape index (κ2) is 7.39. The molecule has 0 aliphatic carbocycles. The molecule has 1 aliphatic rings. The average Bonchev–Trinajstić information content (AvgIpc) is 2.85. The van der Waals surface area contributed by atoms with Crippen molar-refractivity contribution in [1.82, 2.24) is 5.32 Å². The zero-order valence-corrected chi connectivity index (χ0v) is 11.2. The van der Waals surface area contributed by atoms with Gasteiger partial charge in [0.2, 0.25) is 0 Å². The van der Waals surface area contributed by atoms with Crippen LogP contribution in [-0.4, -0.2) is 32.9 Å². The summed E-state index contributed by atoms with van der Waals surface area (Å²) in [5, 5.41) is 3.45. The number of hydrogen-bond acceptors (Lipinski definition) is 3. The molecule has 0 amide bonds. The summed E-state index contributed by atoms with van der Waals surface area (Å²) >= 11 is 0. The highest BCUT2D eigenvalue weighted by Gasteiger charge is 2.11. The van der Waals surface area contributed by atoms with Gasteiger partial charge < -0.3 is 14.8 Å². The monoisotopic (exact) mass is 249 g/mol. The van der Waals surface area contributed by atoms with Crippen molar-refractivity contribution in [1.29, 1.82) is 0 Å². The van der Waals surface area contributed by atoms with E-state index in [-0.39, 0.29) is 0 Å². The molecule has 3 heteroatoms. The predicted octanol–water partition coefficient (Wildman–Crippen LogP) is 2.18. The number of hydrogen-bond donors (Lipinski definition) is 1. The van der Waals surface area contributed by atoms with Crippen LogP contribution < -0.4 is 10.1 Å². The maximum Gasteiger partial charge on any atom is 0.122 e. The van der Waals surface area contributed by atoms with Gasteiger partial charge in [-0.05, 0) is 50.0 Å². The van der Waals surface area contributed by atoms with Gasteiger partial charge in [0.25, 0.3) is 0 Å². The largest absolute Gasteiger partial charge is 0.493 e. The van der Waals surface area contributed by atoms with E-state index in [9.17, 15) is 0 Å². The van der Waals surface area contributed by atoms with Crippen molar-refractivity contribution in [3.63, 3.8) is 0 Å². The normalized spacial score (nSPS) is 13.4. The molecule has 0 spiro atoms. The van der Waals surface area contributed by atoms with E-state index in [0.29, 0.717) is 0 Å². The second-order valence-electron chi connectivity index (χ2n) is 4.59. The Morgan fingerprint density at radius 2 is 2.28 bits per heavy atom. The molecule has 3 nitrogen and oxygen atoms in total. The molecule has 0 bridgehead atoms. The number of fused-ring (bicyclic) bond motifs is 1. The minimum absolute atomic E-state index is 0.817. The Balaban J connectivity index is 1.62. The van der Waals surface area contributed by atoms with Crippen molar-refractivity contribution in [3.05, 3.63) is 29.3 Å². The van der Waals surface area contributed by atoms with Crippen molar-refractivity contribution < 1.29 is 9.47 Å². The lowest BCUT2D eigenvalue weighted by Gasteiger charge is -2.06. The van der Waals surface area contributed by atoms with Crippen LogP contribution in [0, 0.1) is 0 Å². The Bertz CT molecular complexity index is 366. The van der Waals surface area contributed by atoms with E-state index < -0.39 is 0 Å². The van der Waals surface area contributed by atoms with E-state index in [4.69, 9.17) is 9.47 Å². The molecule has 0 aromatic heterocycles. The van der Waals surface area contributed by atoms with Gasteiger partial charge in [-0.3, -0.25) is 0 Å². The highest BCUT2D eigenvalue weighted by atomic mass is 16.5. The first kappa shape index (κ1) is 13.4. The van der Waals surface area contributed by atoms with Crippen LogP contribution in [0.15, 0.2) is 18.2 Å². The standard InChI is InChI=1S/C15H23NO2/c1-2-17-10-3-8-16-9-6-13-4-5-15-14(12-13)7-11-18-15/h4-5,12,16H,2-3,6-11H2,1H3. The molecule has 0 saturated carbocycles. The molecule has 1 N–H and O–H groups in total. The Kier molecular flexibility index (Phi) is 5.49. The Labute approximate surface area is 109 Å². The third-order valence-electron chi connectivity index (χ3n) is 3.19. The van der Waals surface area contributed by atoms with Crippen LogP contribution in [0.3, 0.4) is 0 Å². The summed E-state index contributed by atoms with van der Waals surface area (Å²) in [4.78, 5) is 0. The zero-order chi connectivity index (χ0) is 12.6. The maximum atomic E-state index is 5.50. The number of rotatable bonds is 8. The third kappa shape index (κ3) is 4.00. The highest BCUT2D eigenvalue weighted by Crippen LogP contribution is 2.25. The Morgan fingerprint density at radius 1 is 1.33 bits per heavy atom. The molecular formula is C15H23NO2. The number of benzene rings is 1. The molecule has 100 valence electrons. The van der Waals surface area contributed by atoms with Crippen LogP contribution in [0.4, 0.5) is 0 Å². The summed E-state index contributed by atoms with van der Waals surface area (Å²) in [6.07, 6.45) is 3.23. The van der Waals surface area contributed by atoms with Crippen molar-refractivity contribution in [3.8, 4) is 5.75 Å². The lowest BCUT2D eigenvalue weighted by atomic mass is 10.1. The first-order valence-electron chi connectivity index (χ1n) is 6.93. The third-order valence-corrected chi connectivity index (χ3v) is 3.19. The summed E-state index contributed by atoms with van der Waals surface area (Å²) in [5.41, 5.74) is 2.76. The SMILES string of the molecule is CCOCCCNCCc1ccc2c(c1)CCO2. The van der Waals surface area contributed by atoms with E-state index in [0.717, 1.165) is 57.9 Å². The molecule has 2 rings (SSSR count). The van der Waals surface area contributed by atoms with Gasteiger partial charge in [0.05, 0.1) is 6.61 Å². The van der Waals surface area contributed by atoms with Crippen LogP contribution in [-0.2, 0) is 17.6 Å². The molecule has 0 fully saturated rings. The van der Waals surface area contributed by atoms with E-state index in [1.165, 1.54) is 11.1 Å². The van der Waals surface area contributed by atoms with Crippen molar-refractivity contribution >= 4 is 0 Å². The molecule has 0 atom stereocenters. The predicted molar refractivity (Wildman–Crippen MR) is 73.3 cm³/mol. The second-order valence-corrected chi connectivity index (χ2v) is 4.59. The molecule has 1 aromatic rings. The summed E-state index contributed by atoms with van der Waals surface area (Å²) < 4.78 is 10.8.